The smallest absolute Gasteiger partial charge is 0.247 e. The fourth-order valence-corrected chi connectivity index (χ4v) is 5.44. The molecule has 1 saturated heterocycles. The van der Waals surface area contributed by atoms with E-state index in [0.717, 1.165) is 42.0 Å². The van der Waals surface area contributed by atoms with Crippen LogP contribution in [0.15, 0.2) is 121 Å². The van der Waals surface area contributed by atoms with Crippen LogP contribution in [0.3, 0.4) is 0 Å². The molecular weight excluding hydrogens is 520 g/mol. The number of pyridine rings is 1. The minimum Gasteiger partial charge on any atom is -0.338 e. The Hall–Kier alpha value is -4.55. The third kappa shape index (κ3) is 7.59. The molecule has 214 valence electrons. The standard InChI is InChI=1S/C36H38N4O2/c1-2-11-35(41)40(28-31-17-19-32(20-18-31)33-16-9-10-21-37-33)34(26-29-12-5-3-6-13-29)36(42)39-24-22-38(23-25-39)27-30-14-7-4-8-15-30/h2-21,34H,22-28H2,1H3/b11-2+/t34-/m0/s1. The van der Waals surface area contributed by atoms with Crippen LogP contribution in [-0.4, -0.2) is 63.7 Å². The van der Waals surface area contributed by atoms with Crippen molar-refractivity contribution in [1.29, 1.82) is 0 Å². The van der Waals surface area contributed by atoms with Crippen LogP contribution >= 0.6 is 0 Å². The third-order valence-electron chi connectivity index (χ3n) is 7.73. The van der Waals surface area contributed by atoms with Crippen LogP contribution in [0.25, 0.3) is 11.3 Å². The quantitative estimate of drug-likeness (QED) is 0.238. The van der Waals surface area contributed by atoms with Crippen LogP contribution in [0.4, 0.5) is 0 Å². The Morgan fingerprint density at radius 1 is 0.786 bits per heavy atom. The van der Waals surface area contributed by atoms with E-state index in [0.29, 0.717) is 26.1 Å². The minimum atomic E-state index is -0.618. The van der Waals surface area contributed by atoms with E-state index < -0.39 is 6.04 Å². The van der Waals surface area contributed by atoms with Gasteiger partial charge in [0.1, 0.15) is 6.04 Å². The van der Waals surface area contributed by atoms with Crippen molar-refractivity contribution in [2.45, 2.75) is 32.5 Å². The number of carbonyl (C=O) groups excluding carboxylic acids is 2. The van der Waals surface area contributed by atoms with E-state index in [1.54, 1.807) is 23.2 Å². The summed E-state index contributed by atoms with van der Waals surface area (Å²) in [5, 5.41) is 0. The first-order chi connectivity index (χ1) is 20.6. The lowest BCUT2D eigenvalue weighted by molar-refractivity contribution is -0.145. The van der Waals surface area contributed by atoms with E-state index in [1.807, 2.05) is 90.7 Å². The number of allylic oxidation sites excluding steroid dienone is 1. The van der Waals surface area contributed by atoms with Crippen molar-refractivity contribution in [3.8, 4) is 11.3 Å². The fourth-order valence-electron chi connectivity index (χ4n) is 5.44. The number of hydrogen-bond acceptors (Lipinski definition) is 4. The van der Waals surface area contributed by atoms with Gasteiger partial charge in [-0.1, -0.05) is 97.1 Å². The fraction of sp³-hybridized carbons (Fsp3) is 0.250. The second-order valence-electron chi connectivity index (χ2n) is 10.7. The maximum absolute atomic E-state index is 14.2. The largest absolute Gasteiger partial charge is 0.338 e. The molecule has 6 heteroatoms. The van der Waals surface area contributed by atoms with Crippen molar-refractivity contribution in [3.63, 3.8) is 0 Å². The van der Waals surface area contributed by atoms with Crippen molar-refractivity contribution in [2.75, 3.05) is 26.2 Å². The molecule has 1 aromatic heterocycles. The zero-order chi connectivity index (χ0) is 29.1. The van der Waals surface area contributed by atoms with E-state index in [1.165, 1.54) is 5.56 Å². The van der Waals surface area contributed by atoms with Gasteiger partial charge in [0.15, 0.2) is 0 Å². The van der Waals surface area contributed by atoms with Gasteiger partial charge in [0.05, 0.1) is 5.69 Å². The Labute approximate surface area is 248 Å². The number of piperazine rings is 1. The molecule has 4 aromatic rings. The summed E-state index contributed by atoms with van der Waals surface area (Å²) in [6.07, 6.45) is 5.54. The molecule has 0 bridgehead atoms. The normalized spacial score (nSPS) is 14.5. The van der Waals surface area contributed by atoms with Crippen molar-refractivity contribution in [2.24, 2.45) is 0 Å². The molecule has 42 heavy (non-hydrogen) atoms. The Morgan fingerprint density at radius 2 is 1.43 bits per heavy atom. The molecule has 0 N–H and O–H groups in total. The average molecular weight is 559 g/mol. The van der Waals surface area contributed by atoms with Crippen LogP contribution in [0.5, 0.6) is 0 Å². The highest BCUT2D eigenvalue weighted by atomic mass is 16.2. The van der Waals surface area contributed by atoms with Gasteiger partial charge in [0.25, 0.3) is 0 Å². The summed E-state index contributed by atoms with van der Waals surface area (Å²) in [6.45, 7) is 5.92. The second-order valence-corrected chi connectivity index (χ2v) is 10.7. The molecule has 0 unspecified atom stereocenters. The number of rotatable bonds is 10. The van der Waals surface area contributed by atoms with Crippen molar-refractivity contribution >= 4 is 11.8 Å². The van der Waals surface area contributed by atoms with Gasteiger partial charge in [-0.3, -0.25) is 19.5 Å². The lowest BCUT2D eigenvalue weighted by atomic mass is 10.0. The van der Waals surface area contributed by atoms with Crippen LogP contribution in [0.2, 0.25) is 0 Å². The summed E-state index contributed by atoms with van der Waals surface area (Å²) >= 11 is 0. The summed E-state index contributed by atoms with van der Waals surface area (Å²) in [5.41, 5.74) is 5.18. The molecule has 5 rings (SSSR count). The number of aromatic nitrogens is 1. The van der Waals surface area contributed by atoms with Gasteiger partial charge in [-0.15, -0.1) is 0 Å². The van der Waals surface area contributed by atoms with E-state index in [4.69, 9.17) is 0 Å². The topological polar surface area (TPSA) is 56.8 Å². The molecule has 0 saturated carbocycles. The van der Waals surface area contributed by atoms with Gasteiger partial charge < -0.3 is 9.80 Å². The molecular formula is C36H38N4O2. The maximum atomic E-state index is 14.2. The van der Waals surface area contributed by atoms with Gasteiger partial charge in [-0.25, -0.2) is 0 Å². The number of carbonyl (C=O) groups is 2. The first-order valence-electron chi connectivity index (χ1n) is 14.6. The Bertz CT molecular complexity index is 1450. The summed E-state index contributed by atoms with van der Waals surface area (Å²) in [7, 11) is 0. The molecule has 2 amide bonds. The highest BCUT2D eigenvalue weighted by Gasteiger charge is 2.34. The monoisotopic (exact) mass is 558 g/mol. The number of benzene rings is 3. The molecule has 1 aliphatic heterocycles. The first kappa shape index (κ1) is 29.0. The molecule has 1 atom stereocenters. The highest BCUT2D eigenvalue weighted by Crippen LogP contribution is 2.21. The van der Waals surface area contributed by atoms with E-state index in [-0.39, 0.29) is 11.8 Å². The highest BCUT2D eigenvalue weighted by molar-refractivity contribution is 5.93. The van der Waals surface area contributed by atoms with Crippen LogP contribution in [0, 0.1) is 0 Å². The number of nitrogens with zero attached hydrogens (tertiary/aromatic N) is 4. The minimum absolute atomic E-state index is 0.00109. The van der Waals surface area contributed by atoms with Gasteiger partial charge in [0.2, 0.25) is 11.8 Å². The third-order valence-corrected chi connectivity index (χ3v) is 7.73. The van der Waals surface area contributed by atoms with Gasteiger partial charge >= 0.3 is 0 Å². The lowest BCUT2D eigenvalue weighted by Gasteiger charge is -2.39. The summed E-state index contributed by atoms with van der Waals surface area (Å²) < 4.78 is 0. The molecule has 1 aliphatic rings. The molecule has 0 radical (unpaired) electrons. The molecule has 3 aromatic carbocycles. The number of hydrogen-bond donors (Lipinski definition) is 0. The molecule has 6 nitrogen and oxygen atoms in total. The predicted octanol–water partition coefficient (Wildman–Crippen LogP) is 5.61. The molecule has 2 heterocycles. The van der Waals surface area contributed by atoms with Crippen molar-refractivity contribution in [3.05, 3.63) is 138 Å². The van der Waals surface area contributed by atoms with E-state index >= 15 is 0 Å². The molecule has 0 aliphatic carbocycles. The summed E-state index contributed by atoms with van der Waals surface area (Å²) in [6, 6.07) is 33.7. The Kier molecular flexibility index (Phi) is 9.91. The first-order valence-corrected chi connectivity index (χ1v) is 14.6. The Morgan fingerprint density at radius 3 is 2.05 bits per heavy atom. The Balaban J connectivity index is 1.36. The van der Waals surface area contributed by atoms with Crippen LogP contribution in [-0.2, 0) is 29.1 Å². The predicted molar refractivity (Wildman–Crippen MR) is 167 cm³/mol. The van der Waals surface area contributed by atoms with E-state index in [2.05, 4.69) is 34.1 Å². The second kappa shape index (κ2) is 14.4. The maximum Gasteiger partial charge on any atom is 0.247 e. The van der Waals surface area contributed by atoms with Gasteiger partial charge in [0, 0.05) is 57.4 Å². The number of amides is 2. The van der Waals surface area contributed by atoms with Crippen LogP contribution < -0.4 is 0 Å². The van der Waals surface area contributed by atoms with E-state index in [9.17, 15) is 9.59 Å². The zero-order valence-corrected chi connectivity index (χ0v) is 24.2. The summed E-state index contributed by atoms with van der Waals surface area (Å²) in [5.74, 6) is -0.163. The zero-order valence-electron chi connectivity index (χ0n) is 24.2. The van der Waals surface area contributed by atoms with Crippen molar-refractivity contribution in [1.82, 2.24) is 19.7 Å². The molecule has 1 fully saturated rings. The lowest BCUT2D eigenvalue weighted by Crippen LogP contribution is -2.56. The SMILES string of the molecule is C/C=C/C(=O)N(Cc1ccc(-c2ccccn2)cc1)[C@@H](Cc1ccccc1)C(=O)N1CCN(Cc2ccccc2)CC1. The van der Waals surface area contributed by atoms with Crippen LogP contribution in [0.1, 0.15) is 23.6 Å². The van der Waals surface area contributed by atoms with Gasteiger partial charge in [-0.2, -0.15) is 0 Å². The summed E-state index contributed by atoms with van der Waals surface area (Å²) in [4.78, 5) is 38.3. The van der Waals surface area contributed by atoms with Gasteiger partial charge in [-0.05, 0) is 41.8 Å². The average Bonchev–Trinajstić information content (AvgIpc) is 3.04. The van der Waals surface area contributed by atoms with Crippen molar-refractivity contribution < 1.29 is 9.59 Å². The molecule has 0 spiro atoms.